The van der Waals surface area contributed by atoms with Crippen molar-refractivity contribution in [3.8, 4) is 0 Å². The summed E-state index contributed by atoms with van der Waals surface area (Å²) >= 11 is 12.0. The van der Waals surface area contributed by atoms with E-state index in [0.717, 1.165) is 37.0 Å². The summed E-state index contributed by atoms with van der Waals surface area (Å²) in [4.78, 5) is 45.7. The maximum absolute atomic E-state index is 13.4. The van der Waals surface area contributed by atoms with Crippen LogP contribution >= 0.6 is 23.2 Å². The maximum atomic E-state index is 13.4. The van der Waals surface area contributed by atoms with Gasteiger partial charge >= 0.3 is 5.69 Å². The van der Waals surface area contributed by atoms with Crippen LogP contribution in [0.15, 0.2) is 77.6 Å². The van der Waals surface area contributed by atoms with Gasteiger partial charge in [-0.05, 0) is 73.5 Å². The molecule has 37 heavy (non-hydrogen) atoms. The summed E-state index contributed by atoms with van der Waals surface area (Å²) in [6, 6.07) is 20.8. The lowest BCUT2D eigenvalue weighted by molar-refractivity contribution is 0.0588. The van der Waals surface area contributed by atoms with Crippen molar-refractivity contribution in [1.82, 2.24) is 19.4 Å². The molecule has 4 aromatic rings. The molecule has 0 saturated carbocycles. The third-order valence-corrected chi connectivity index (χ3v) is 7.36. The first-order valence-electron chi connectivity index (χ1n) is 12.2. The zero-order valence-corrected chi connectivity index (χ0v) is 21.6. The van der Waals surface area contributed by atoms with Gasteiger partial charge in [0, 0.05) is 53.4 Å². The van der Waals surface area contributed by atoms with E-state index in [1.54, 1.807) is 48.5 Å². The van der Waals surface area contributed by atoms with E-state index in [4.69, 9.17) is 23.2 Å². The number of aromatic nitrogens is 2. The molecule has 0 bridgehead atoms. The molecule has 1 aliphatic heterocycles. The van der Waals surface area contributed by atoms with Gasteiger partial charge in [-0.3, -0.25) is 19.1 Å². The number of rotatable bonds is 6. The molecule has 2 amide bonds. The highest BCUT2D eigenvalue weighted by atomic mass is 35.5. The first kappa shape index (κ1) is 25.3. The molecule has 0 unspecified atom stereocenters. The number of nitrogens with zero attached hydrogens (tertiary/aromatic N) is 3. The van der Waals surface area contributed by atoms with E-state index in [2.05, 4.69) is 9.88 Å². The van der Waals surface area contributed by atoms with Gasteiger partial charge in [-0.25, -0.2) is 4.79 Å². The number of benzene rings is 3. The molecule has 7 nitrogen and oxygen atoms in total. The fraction of sp³-hybridized carbons (Fsp3) is 0.250. The van der Waals surface area contributed by atoms with Crippen molar-refractivity contribution >= 4 is 46.0 Å². The van der Waals surface area contributed by atoms with Gasteiger partial charge in [-0.15, -0.1) is 0 Å². The van der Waals surface area contributed by atoms with Crippen LogP contribution in [0.1, 0.15) is 39.6 Å². The molecular weight excluding hydrogens is 511 g/mol. The zero-order valence-electron chi connectivity index (χ0n) is 20.1. The van der Waals surface area contributed by atoms with E-state index in [-0.39, 0.29) is 30.1 Å². The third-order valence-electron chi connectivity index (χ3n) is 6.86. The van der Waals surface area contributed by atoms with Gasteiger partial charge in [-0.2, -0.15) is 0 Å². The van der Waals surface area contributed by atoms with E-state index >= 15 is 0 Å². The van der Waals surface area contributed by atoms with Crippen molar-refractivity contribution in [2.75, 3.05) is 26.2 Å². The van der Waals surface area contributed by atoms with Crippen LogP contribution in [0.2, 0.25) is 10.0 Å². The summed E-state index contributed by atoms with van der Waals surface area (Å²) in [5, 5.41) is 1.04. The number of likely N-dealkylation sites (tertiary alicyclic amines) is 1. The summed E-state index contributed by atoms with van der Waals surface area (Å²) in [5.41, 5.74) is 2.45. The molecule has 0 atom stereocenters. The van der Waals surface area contributed by atoms with E-state index in [0.29, 0.717) is 27.7 Å². The second kappa shape index (κ2) is 10.9. The first-order valence-corrected chi connectivity index (χ1v) is 13.0. The van der Waals surface area contributed by atoms with Gasteiger partial charge in [0.1, 0.15) is 0 Å². The van der Waals surface area contributed by atoms with Crippen LogP contribution in [-0.2, 0) is 0 Å². The van der Waals surface area contributed by atoms with E-state index < -0.39 is 0 Å². The van der Waals surface area contributed by atoms with Crippen LogP contribution in [0.3, 0.4) is 0 Å². The minimum Gasteiger partial charge on any atom is -0.306 e. The molecule has 2 heterocycles. The molecule has 1 aliphatic rings. The third kappa shape index (κ3) is 5.49. The predicted molar refractivity (Wildman–Crippen MR) is 146 cm³/mol. The lowest BCUT2D eigenvalue weighted by atomic mass is 10.0. The number of hydrogen-bond donors (Lipinski definition) is 1. The van der Waals surface area contributed by atoms with Crippen molar-refractivity contribution in [2.45, 2.75) is 18.9 Å². The van der Waals surface area contributed by atoms with Crippen LogP contribution < -0.4 is 5.69 Å². The normalized spacial score (nSPS) is 14.6. The van der Waals surface area contributed by atoms with E-state index in [1.165, 1.54) is 4.90 Å². The lowest BCUT2D eigenvalue weighted by Crippen LogP contribution is -2.45. The minimum absolute atomic E-state index is 0.0899. The Hall–Kier alpha value is -3.39. The number of amides is 2. The highest BCUT2D eigenvalue weighted by Crippen LogP contribution is 2.25. The number of fused-ring (bicyclic) bond motifs is 1. The number of H-pyrrole nitrogens is 1. The standard InChI is InChI=1S/C28H26Cl2N4O3/c29-21-9-5-19(6-10-21)26(35)33(27(36)20-7-11-22(30)12-8-20)18-17-32-15-13-23(14-16-32)34-25-4-2-1-3-24(25)31-28(34)37/h1-12,23H,13-18H2,(H,31,37). The number of carbonyl (C=O) groups is 2. The Morgan fingerprint density at radius 1 is 0.838 bits per heavy atom. The molecular formula is C28H26Cl2N4O3. The van der Waals surface area contributed by atoms with Gasteiger partial charge in [0.05, 0.1) is 11.0 Å². The maximum Gasteiger partial charge on any atom is 0.326 e. The van der Waals surface area contributed by atoms with Crippen LogP contribution in [0, 0.1) is 0 Å². The molecule has 0 aliphatic carbocycles. The zero-order chi connectivity index (χ0) is 25.9. The number of para-hydroxylation sites is 2. The fourth-order valence-electron chi connectivity index (χ4n) is 4.87. The summed E-state index contributed by atoms with van der Waals surface area (Å²) in [6.07, 6.45) is 1.61. The Kier molecular flexibility index (Phi) is 7.46. The Balaban J connectivity index is 1.28. The predicted octanol–water partition coefficient (Wildman–Crippen LogP) is 5.26. The summed E-state index contributed by atoms with van der Waals surface area (Å²) in [7, 11) is 0. The van der Waals surface area contributed by atoms with Gasteiger partial charge < -0.3 is 9.88 Å². The molecule has 9 heteroatoms. The number of carbonyl (C=O) groups excluding carboxylic acids is 2. The Morgan fingerprint density at radius 3 is 1.95 bits per heavy atom. The Bertz CT molecular complexity index is 1410. The average Bonchev–Trinajstić information content (AvgIpc) is 3.25. The molecule has 3 aromatic carbocycles. The van der Waals surface area contributed by atoms with Crippen LogP contribution in [0.25, 0.3) is 11.0 Å². The highest BCUT2D eigenvalue weighted by Gasteiger charge is 2.27. The topological polar surface area (TPSA) is 78.4 Å². The number of imidazole rings is 1. The second-order valence-corrected chi connectivity index (χ2v) is 10.0. The van der Waals surface area contributed by atoms with Crippen molar-refractivity contribution in [3.63, 3.8) is 0 Å². The van der Waals surface area contributed by atoms with Crippen LogP contribution in [0.4, 0.5) is 0 Å². The van der Waals surface area contributed by atoms with E-state index in [9.17, 15) is 14.4 Å². The molecule has 190 valence electrons. The molecule has 1 aromatic heterocycles. The Morgan fingerprint density at radius 2 is 1.38 bits per heavy atom. The molecule has 1 N–H and O–H groups in total. The van der Waals surface area contributed by atoms with Gasteiger partial charge in [0.2, 0.25) is 0 Å². The number of nitrogens with one attached hydrogen (secondary N) is 1. The van der Waals surface area contributed by atoms with Crippen molar-refractivity contribution in [2.24, 2.45) is 0 Å². The molecule has 1 saturated heterocycles. The lowest BCUT2D eigenvalue weighted by Gasteiger charge is -2.33. The smallest absolute Gasteiger partial charge is 0.306 e. The Labute approximate surface area is 224 Å². The quantitative estimate of drug-likeness (QED) is 0.341. The first-order chi connectivity index (χ1) is 17.9. The molecule has 5 rings (SSSR count). The van der Waals surface area contributed by atoms with Gasteiger partial charge in [0.15, 0.2) is 0 Å². The van der Waals surface area contributed by atoms with Crippen molar-refractivity contribution in [3.05, 3.63) is 104 Å². The summed E-state index contributed by atoms with van der Waals surface area (Å²) in [5.74, 6) is -0.756. The van der Waals surface area contributed by atoms with Gasteiger partial charge in [-0.1, -0.05) is 35.3 Å². The monoisotopic (exact) mass is 536 g/mol. The molecule has 1 fully saturated rings. The number of piperidine rings is 1. The largest absolute Gasteiger partial charge is 0.326 e. The average molecular weight is 537 g/mol. The van der Waals surface area contributed by atoms with Gasteiger partial charge in [0.25, 0.3) is 11.8 Å². The number of halogens is 2. The number of hydrogen-bond acceptors (Lipinski definition) is 4. The summed E-state index contributed by atoms with van der Waals surface area (Å²) < 4.78 is 1.85. The highest BCUT2D eigenvalue weighted by molar-refractivity contribution is 6.31. The number of aromatic amines is 1. The van der Waals surface area contributed by atoms with Crippen LogP contribution in [-0.4, -0.2) is 57.3 Å². The summed E-state index contributed by atoms with van der Waals surface area (Å²) in [6.45, 7) is 2.29. The van der Waals surface area contributed by atoms with Crippen molar-refractivity contribution in [1.29, 1.82) is 0 Å². The molecule has 0 radical (unpaired) electrons. The van der Waals surface area contributed by atoms with Crippen molar-refractivity contribution < 1.29 is 9.59 Å². The minimum atomic E-state index is -0.378. The molecule has 0 spiro atoms. The van der Waals surface area contributed by atoms with E-state index in [1.807, 2.05) is 28.8 Å². The SMILES string of the molecule is O=C(c1ccc(Cl)cc1)N(CCN1CCC(n2c(=O)[nH]c3ccccc32)CC1)C(=O)c1ccc(Cl)cc1. The van der Waals surface area contributed by atoms with Crippen LogP contribution in [0.5, 0.6) is 0 Å². The fourth-order valence-corrected chi connectivity index (χ4v) is 5.12. The number of imide groups is 1. The second-order valence-electron chi connectivity index (χ2n) is 9.17.